The van der Waals surface area contributed by atoms with Crippen LogP contribution in [0.2, 0.25) is 0 Å². The van der Waals surface area contributed by atoms with E-state index >= 15 is 0 Å². The molecule has 3 aromatic rings. The number of ether oxygens (including phenoxy) is 1. The van der Waals surface area contributed by atoms with Crippen LogP contribution in [0.4, 0.5) is 14.5 Å². The number of hydrogen-bond acceptors (Lipinski definition) is 4. The van der Waals surface area contributed by atoms with Crippen molar-refractivity contribution in [2.45, 2.75) is 44.8 Å². The zero-order valence-electron chi connectivity index (χ0n) is 20.1. The number of anilines is 1. The molecule has 0 N–H and O–H groups in total. The van der Waals surface area contributed by atoms with Crippen molar-refractivity contribution in [3.63, 3.8) is 0 Å². The van der Waals surface area contributed by atoms with Crippen LogP contribution in [-0.2, 0) is 24.1 Å². The Bertz CT molecular complexity index is 1220. The molecular weight excluding hydrogens is 450 g/mol. The maximum atomic E-state index is 13.9. The summed E-state index contributed by atoms with van der Waals surface area (Å²) >= 11 is 0. The normalized spacial score (nSPS) is 17.0. The number of amides is 1. The lowest BCUT2D eigenvalue weighted by atomic mass is 10.1. The van der Waals surface area contributed by atoms with Gasteiger partial charge in [-0.05, 0) is 61.9 Å². The standard InChI is InChI=1S/C27H30F2N4O2/c1-31(2)19-10-8-18(9-11-19)16-32(17-21-5-4-14-35-21)27(34)26-22-6-3-7-25(22)33(30-26)20-12-13-23(28)24(29)15-20/h8-13,15,21H,3-7,14,16-17H2,1-2H3. The van der Waals surface area contributed by atoms with Crippen LogP contribution in [0.1, 0.15) is 46.6 Å². The molecule has 1 aromatic heterocycles. The Morgan fingerprint density at radius 3 is 2.57 bits per heavy atom. The quantitative estimate of drug-likeness (QED) is 0.499. The summed E-state index contributed by atoms with van der Waals surface area (Å²) in [5.41, 5.74) is 4.73. The Hall–Kier alpha value is -3.26. The summed E-state index contributed by atoms with van der Waals surface area (Å²) in [4.78, 5) is 17.7. The molecular formula is C27H30F2N4O2. The molecule has 5 rings (SSSR count). The van der Waals surface area contributed by atoms with E-state index < -0.39 is 11.6 Å². The minimum absolute atomic E-state index is 0.00123. The van der Waals surface area contributed by atoms with Gasteiger partial charge in [-0.15, -0.1) is 0 Å². The van der Waals surface area contributed by atoms with Crippen molar-refractivity contribution in [2.24, 2.45) is 0 Å². The molecule has 6 nitrogen and oxygen atoms in total. The SMILES string of the molecule is CN(C)c1ccc(CN(CC2CCCO2)C(=O)c2nn(-c3ccc(F)c(F)c3)c3c2CCC3)cc1. The third-order valence-corrected chi connectivity index (χ3v) is 6.84. The number of benzene rings is 2. The van der Waals surface area contributed by atoms with Gasteiger partial charge in [0.2, 0.25) is 0 Å². The third-order valence-electron chi connectivity index (χ3n) is 6.84. The van der Waals surface area contributed by atoms with Crippen molar-refractivity contribution in [3.05, 3.63) is 76.6 Å². The Morgan fingerprint density at radius 1 is 1.09 bits per heavy atom. The minimum atomic E-state index is -0.932. The smallest absolute Gasteiger partial charge is 0.275 e. The number of nitrogens with zero attached hydrogens (tertiary/aromatic N) is 4. The van der Waals surface area contributed by atoms with Gasteiger partial charge in [0, 0.05) is 56.8 Å². The van der Waals surface area contributed by atoms with Crippen molar-refractivity contribution in [3.8, 4) is 5.69 Å². The van der Waals surface area contributed by atoms with E-state index in [1.54, 1.807) is 4.68 Å². The maximum Gasteiger partial charge on any atom is 0.275 e. The molecule has 2 aromatic carbocycles. The second-order valence-electron chi connectivity index (χ2n) is 9.52. The lowest BCUT2D eigenvalue weighted by Gasteiger charge is -2.25. The van der Waals surface area contributed by atoms with Gasteiger partial charge in [-0.3, -0.25) is 4.79 Å². The fourth-order valence-corrected chi connectivity index (χ4v) is 4.96. The van der Waals surface area contributed by atoms with E-state index in [4.69, 9.17) is 4.74 Å². The number of hydrogen-bond donors (Lipinski definition) is 0. The highest BCUT2D eigenvalue weighted by atomic mass is 19.2. The first-order valence-corrected chi connectivity index (χ1v) is 12.1. The summed E-state index contributed by atoms with van der Waals surface area (Å²) in [7, 11) is 3.98. The van der Waals surface area contributed by atoms with Gasteiger partial charge in [-0.25, -0.2) is 13.5 Å². The van der Waals surface area contributed by atoms with Crippen LogP contribution in [0.25, 0.3) is 5.69 Å². The van der Waals surface area contributed by atoms with Gasteiger partial charge in [0.1, 0.15) is 0 Å². The molecule has 1 atom stereocenters. The largest absolute Gasteiger partial charge is 0.378 e. The lowest BCUT2D eigenvalue weighted by molar-refractivity contribution is 0.0501. The van der Waals surface area contributed by atoms with Crippen LogP contribution < -0.4 is 4.90 Å². The number of halogens is 2. The molecule has 184 valence electrons. The van der Waals surface area contributed by atoms with Crippen LogP contribution in [0, 0.1) is 11.6 Å². The Kier molecular flexibility index (Phi) is 6.56. The number of carbonyl (C=O) groups excluding carboxylic acids is 1. The van der Waals surface area contributed by atoms with E-state index in [9.17, 15) is 13.6 Å². The molecule has 0 bridgehead atoms. The second-order valence-corrected chi connectivity index (χ2v) is 9.52. The minimum Gasteiger partial charge on any atom is -0.378 e. The first-order chi connectivity index (χ1) is 16.9. The number of carbonyl (C=O) groups is 1. The molecule has 35 heavy (non-hydrogen) atoms. The van der Waals surface area contributed by atoms with Crippen molar-refractivity contribution < 1.29 is 18.3 Å². The summed E-state index contributed by atoms with van der Waals surface area (Å²) in [6.07, 6.45) is 4.29. The van der Waals surface area contributed by atoms with Gasteiger partial charge >= 0.3 is 0 Å². The van der Waals surface area contributed by atoms with Gasteiger partial charge in [0.05, 0.1) is 11.8 Å². The average Bonchev–Trinajstić information content (AvgIpc) is 3.59. The zero-order chi connectivity index (χ0) is 24.5. The van der Waals surface area contributed by atoms with E-state index in [1.807, 2.05) is 48.2 Å². The van der Waals surface area contributed by atoms with E-state index in [0.717, 1.165) is 66.7 Å². The zero-order valence-corrected chi connectivity index (χ0v) is 20.1. The number of rotatable bonds is 7. The monoisotopic (exact) mass is 480 g/mol. The predicted molar refractivity (Wildman–Crippen MR) is 130 cm³/mol. The fraction of sp³-hybridized carbons (Fsp3) is 0.407. The van der Waals surface area contributed by atoms with Crippen LogP contribution in [0.15, 0.2) is 42.5 Å². The molecule has 2 aliphatic rings. The van der Waals surface area contributed by atoms with Crippen LogP contribution in [0.5, 0.6) is 0 Å². The summed E-state index contributed by atoms with van der Waals surface area (Å²) in [5, 5.41) is 4.64. The van der Waals surface area contributed by atoms with Crippen molar-refractivity contribution >= 4 is 11.6 Å². The van der Waals surface area contributed by atoms with Gasteiger partial charge in [-0.1, -0.05) is 12.1 Å². The molecule has 1 amide bonds. The van der Waals surface area contributed by atoms with Crippen LogP contribution in [-0.4, -0.2) is 53.9 Å². The summed E-state index contributed by atoms with van der Waals surface area (Å²) < 4.78 is 34.9. The fourth-order valence-electron chi connectivity index (χ4n) is 4.96. The average molecular weight is 481 g/mol. The summed E-state index contributed by atoms with van der Waals surface area (Å²) in [5.74, 6) is -1.99. The highest BCUT2D eigenvalue weighted by Gasteiger charge is 2.31. The van der Waals surface area contributed by atoms with E-state index in [1.165, 1.54) is 6.07 Å². The van der Waals surface area contributed by atoms with Crippen molar-refractivity contribution in [1.82, 2.24) is 14.7 Å². The number of fused-ring (bicyclic) bond motifs is 1. The molecule has 1 aliphatic carbocycles. The van der Waals surface area contributed by atoms with Crippen molar-refractivity contribution in [2.75, 3.05) is 32.1 Å². The second kappa shape index (κ2) is 9.77. The van der Waals surface area contributed by atoms with E-state index in [0.29, 0.717) is 31.1 Å². The Morgan fingerprint density at radius 2 is 1.89 bits per heavy atom. The first-order valence-electron chi connectivity index (χ1n) is 12.1. The van der Waals surface area contributed by atoms with Gasteiger partial charge in [-0.2, -0.15) is 5.10 Å². The van der Waals surface area contributed by atoms with E-state index in [2.05, 4.69) is 5.10 Å². The molecule has 0 spiro atoms. The number of aromatic nitrogens is 2. The maximum absolute atomic E-state index is 13.9. The molecule has 1 saturated heterocycles. The molecule has 1 aliphatic heterocycles. The summed E-state index contributed by atoms with van der Waals surface area (Å²) in [6.45, 7) is 1.64. The molecule has 0 radical (unpaired) electrons. The highest BCUT2D eigenvalue weighted by molar-refractivity contribution is 5.94. The first kappa shape index (κ1) is 23.5. The van der Waals surface area contributed by atoms with Gasteiger partial charge < -0.3 is 14.5 Å². The predicted octanol–water partition coefficient (Wildman–Crippen LogP) is 4.53. The highest BCUT2D eigenvalue weighted by Crippen LogP contribution is 2.30. The van der Waals surface area contributed by atoms with E-state index in [-0.39, 0.29) is 12.0 Å². The molecule has 8 heteroatoms. The third kappa shape index (κ3) is 4.80. The lowest BCUT2D eigenvalue weighted by Crippen LogP contribution is -2.37. The molecule has 2 heterocycles. The van der Waals surface area contributed by atoms with Crippen LogP contribution >= 0.6 is 0 Å². The molecule has 1 fully saturated rings. The Balaban J connectivity index is 1.47. The van der Waals surface area contributed by atoms with Gasteiger partial charge in [0.25, 0.3) is 5.91 Å². The Labute approximate surface area is 204 Å². The molecule has 0 saturated carbocycles. The summed E-state index contributed by atoms with van der Waals surface area (Å²) in [6, 6.07) is 11.9. The topological polar surface area (TPSA) is 50.6 Å². The van der Waals surface area contributed by atoms with Gasteiger partial charge in [0.15, 0.2) is 17.3 Å². The van der Waals surface area contributed by atoms with Crippen LogP contribution in [0.3, 0.4) is 0 Å². The van der Waals surface area contributed by atoms with Crippen molar-refractivity contribution in [1.29, 1.82) is 0 Å². The molecule has 1 unspecified atom stereocenters.